The number of piperidine rings is 2. The molecule has 4 nitrogen and oxygen atoms in total. The van der Waals surface area contributed by atoms with Gasteiger partial charge in [-0.1, -0.05) is 25.0 Å². The van der Waals surface area contributed by atoms with E-state index in [9.17, 15) is 0 Å². The molecule has 2 aromatic heterocycles. The van der Waals surface area contributed by atoms with E-state index < -0.39 is 0 Å². The lowest BCUT2D eigenvalue weighted by Crippen LogP contribution is -2.51. The van der Waals surface area contributed by atoms with Gasteiger partial charge in [0.25, 0.3) is 0 Å². The Hall–Kier alpha value is -1.78. The average Bonchev–Trinajstić information content (AvgIpc) is 2.71. The molecule has 0 saturated carbocycles. The second-order valence-corrected chi connectivity index (χ2v) is 6.54. The third-order valence-electron chi connectivity index (χ3n) is 4.77. The lowest BCUT2D eigenvalue weighted by atomic mass is 9.92. The Balaban J connectivity index is 0.000000141. The summed E-state index contributed by atoms with van der Waals surface area (Å²) in [7, 11) is 0. The van der Waals surface area contributed by atoms with Gasteiger partial charge < -0.3 is 10.6 Å². The number of hydrogen-bond acceptors (Lipinski definition) is 4. The van der Waals surface area contributed by atoms with Gasteiger partial charge in [0, 0.05) is 24.5 Å². The van der Waals surface area contributed by atoms with Crippen molar-refractivity contribution in [3.8, 4) is 11.4 Å². The molecule has 2 aliphatic rings. The fourth-order valence-electron chi connectivity index (χ4n) is 3.47. The first-order valence-electron chi connectivity index (χ1n) is 9.23. The summed E-state index contributed by atoms with van der Waals surface area (Å²) in [6, 6.07) is 13.1. The molecule has 128 valence electrons. The van der Waals surface area contributed by atoms with E-state index in [-0.39, 0.29) is 0 Å². The van der Waals surface area contributed by atoms with E-state index in [2.05, 4.69) is 20.6 Å². The highest BCUT2D eigenvalue weighted by atomic mass is 15.0. The Bertz CT molecular complexity index is 507. The predicted molar refractivity (Wildman–Crippen MR) is 98.8 cm³/mol. The van der Waals surface area contributed by atoms with Gasteiger partial charge in [-0.25, -0.2) is 0 Å². The fraction of sp³-hybridized carbons (Fsp3) is 0.500. The van der Waals surface area contributed by atoms with Crippen molar-refractivity contribution in [2.75, 3.05) is 13.1 Å². The molecule has 4 heterocycles. The zero-order valence-electron chi connectivity index (χ0n) is 14.3. The summed E-state index contributed by atoms with van der Waals surface area (Å²) in [5.74, 6) is 0. The van der Waals surface area contributed by atoms with Crippen molar-refractivity contribution in [2.24, 2.45) is 0 Å². The van der Waals surface area contributed by atoms with Crippen LogP contribution in [0.3, 0.4) is 0 Å². The van der Waals surface area contributed by atoms with Crippen molar-refractivity contribution in [2.45, 2.75) is 50.6 Å². The number of rotatable bonds is 2. The van der Waals surface area contributed by atoms with Crippen molar-refractivity contribution >= 4 is 0 Å². The van der Waals surface area contributed by atoms with Crippen LogP contribution >= 0.6 is 0 Å². The van der Waals surface area contributed by atoms with Crippen LogP contribution in [-0.2, 0) is 0 Å². The van der Waals surface area contributed by atoms with Crippen molar-refractivity contribution in [1.29, 1.82) is 0 Å². The zero-order chi connectivity index (χ0) is 16.5. The number of nitrogens with one attached hydrogen (secondary N) is 2. The van der Waals surface area contributed by atoms with Crippen molar-refractivity contribution in [3.05, 3.63) is 48.8 Å². The van der Waals surface area contributed by atoms with E-state index in [1.54, 1.807) is 12.4 Å². The number of pyridine rings is 2. The Morgan fingerprint density at radius 1 is 0.667 bits per heavy atom. The lowest BCUT2D eigenvalue weighted by molar-refractivity contribution is 0.272. The number of aromatic nitrogens is 2. The highest BCUT2D eigenvalue weighted by Gasteiger charge is 2.23. The highest BCUT2D eigenvalue weighted by molar-refractivity contribution is 5.52. The summed E-state index contributed by atoms with van der Waals surface area (Å²) < 4.78 is 0. The summed E-state index contributed by atoms with van der Waals surface area (Å²) in [5.41, 5.74) is 1.83. The van der Waals surface area contributed by atoms with Crippen LogP contribution in [-0.4, -0.2) is 35.1 Å². The van der Waals surface area contributed by atoms with Crippen molar-refractivity contribution in [3.63, 3.8) is 0 Å². The largest absolute Gasteiger partial charge is 0.312 e. The third kappa shape index (κ3) is 5.11. The van der Waals surface area contributed by atoms with Crippen molar-refractivity contribution in [1.82, 2.24) is 20.6 Å². The highest BCUT2D eigenvalue weighted by Crippen LogP contribution is 2.17. The van der Waals surface area contributed by atoms with E-state index >= 15 is 0 Å². The number of nitrogens with zero attached hydrogens (tertiary/aromatic N) is 2. The molecule has 2 fully saturated rings. The van der Waals surface area contributed by atoms with Gasteiger partial charge >= 0.3 is 0 Å². The molecule has 0 spiro atoms. The maximum Gasteiger partial charge on any atom is 0.0886 e. The zero-order valence-corrected chi connectivity index (χ0v) is 14.3. The minimum Gasteiger partial charge on any atom is -0.312 e. The van der Waals surface area contributed by atoms with Crippen LogP contribution in [0, 0.1) is 0 Å². The molecule has 0 aliphatic carbocycles. The molecule has 24 heavy (non-hydrogen) atoms. The van der Waals surface area contributed by atoms with Gasteiger partial charge in [0.05, 0.1) is 11.4 Å². The third-order valence-corrected chi connectivity index (χ3v) is 4.77. The molecular weight excluding hydrogens is 296 g/mol. The second kappa shape index (κ2) is 9.50. The molecule has 2 atom stereocenters. The Morgan fingerprint density at radius 2 is 1.17 bits per heavy atom. The van der Waals surface area contributed by atoms with Crippen LogP contribution in [0.15, 0.2) is 48.8 Å². The fourth-order valence-corrected chi connectivity index (χ4v) is 3.47. The van der Waals surface area contributed by atoms with Crippen molar-refractivity contribution < 1.29 is 0 Å². The minimum atomic E-state index is 0.777. The molecule has 0 aromatic carbocycles. The van der Waals surface area contributed by atoms with Gasteiger partial charge in [-0.3, -0.25) is 9.97 Å². The normalized spacial score (nSPS) is 23.8. The molecule has 2 aliphatic heterocycles. The summed E-state index contributed by atoms with van der Waals surface area (Å²) in [6.07, 6.45) is 11.9. The summed E-state index contributed by atoms with van der Waals surface area (Å²) in [6.45, 7) is 2.48. The van der Waals surface area contributed by atoms with Crippen LogP contribution in [0.1, 0.15) is 38.5 Å². The van der Waals surface area contributed by atoms with E-state index in [0.717, 1.165) is 23.5 Å². The van der Waals surface area contributed by atoms with Gasteiger partial charge in [-0.15, -0.1) is 0 Å². The first-order chi connectivity index (χ1) is 11.9. The Labute approximate surface area is 145 Å². The quantitative estimate of drug-likeness (QED) is 0.889. The Kier molecular flexibility index (Phi) is 6.75. The minimum absolute atomic E-state index is 0.777. The van der Waals surface area contributed by atoms with Crippen LogP contribution < -0.4 is 10.6 Å². The SMILES string of the molecule is C1CCC(C2CCCCN2)NC1.c1ccc(-c2ccccn2)nc1. The van der Waals surface area contributed by atoms with Crippen LogP contribution in [0.4, 0.5) is 0 Å². The maximum absolute atomic E-state index is 4.19. The maximum atomic E-state index is 4.19. The molecule has 2 saturated heterocycles. The average molecular weight is 324 g/mol. The molecule has 0 bridgehead atoms. The number of hydrogen-bond donors (Lipinski definition) is 2. The summed E-state index contributed by atoms with van der Waals surface area (Å²) >= 11 is 0. The second-order valence-electron chi connectivity index (χ2n) is 6.54. The summed E-state index contributed by atoms with van der Waals surface area (Å²) in [5, 5.41) is 7.25. The topological polar surface area (TPSA) is 49.8 Å². The molecule has 2 aromatic rings. The monoisotopic (exact) mass is 324 g/mol. The molecule has 0 radical (unpaired) electrons. The van der Waals surface area contributed by atoms with Gasteiger partial charge in [0.2, 0.25) is 0 Å². The van der Waals surface area contributed by atoms with Crippen LogP contribution in [0.25, 0.3) is 11.4 Å². The predicted octanol–water partition coefficient (Wildman–Crippen LogP) is 3.41. The summed E-state index contributed by atoms with van der Waals surface area (Å²) in [4.78, 5) is 8.37. The standard InChI is InChI=1S/C10H20N2.C10H8N2/c2*1-3-7-11-9(5-1)10-6-2-4-8-12-10/h9-12H,1-8H2;1-8H. The van der Waals surface area contributed by atoms with Crippen LogP contribution in [0.2, 0.25) is 0 Å². The molecular formula is C20H28N4. The van der Waals surface area contributed by atoms with E-state index in [4.69, 9.17) is 0 Å². The van der Waals surface area contributed by atoms with Gasteiger partial charge in [-0.05, 0) is 63.0 Å². The van der Waals surface area contributed by atoms with Gasteiger partial charge in [0.15, 0.2) is 0 Å². The van der Waals surface area contributed by atoms with Gasteiger partial charge in [-0.2, -0.15) is 0 Å². The van der Waals surface area contributed by atoms with E-state index in [1.807, 2.05) is 36.4 Å². The molecule has 4 heteroatoms. The Morgan fingerprint density at radius 3 is 1.50 bits per heavy atom. The molecule has 2 N–H and O–H groups in total. The van der Waals surface area contributed by atoms with Gasteiger partial charge in [0.1, 0.15) is 0 Å². The van der Waals surface area contributed by atoms with Crippen LogP contribution in [0.5, 0.6) is 0 Å². The first-order valence-corrected chi connectivity index (χ1v) is 9.23. The van der Waals surface area contributed by atoms with E-state index in [0.29, 0.717) is 0 Å². The lowest BCUT2D eigenvalue weighted by Gasteiger charge is -2.34. The smallest absolute Gasteiger partial charge is 0.0886 e. The molecule has 0 amide bonds. The first kappa shape index (κ1) is 17.1. The molecule has 4 rings (SSSR count). The molecule has 2 unspecified atom stereocenters. The van der Waals surface area contributed by atoms with E-state index in [1.165, 1.54) is 51.6 Å².